The van der Waals surface area contributed by atoms with Gasteiger partial charge >= 0.3 is 5.97 Å². The molecule has 0 saturated carbocycles. The molecule has 0 unspecified atom stereocenters. The molecule has 0 aliphatic carbocycles. The number of nitrogens with zero attached hydrogens (tertiary/aromatic N) is 2. The molecule has 1 aromatic heterocycles. The molecule has 19 heavy (non-hydrogen) atoms. The number of aromatic carboxylic acids is 1. The van der Waals surface area contributed by atoms with Crippen molar-refractivity contribution in [2.75, 3.05) is 0 Å². The number of carbonyl (C=O) groups is 1. The van der Waals surface area contributed by atoms with E-state index in [0.717, 1.165) is 24.2 Å². The Morgan fingerprint density at radius 3 is 2.37 bits per heavy atom. The van der Waals surface area contributed by atoms with E-state index in [1.807, 2.05) is 23.7 Å². The van der Waals surface area contributed by atoms with Crippen molar-refractivity contribution in [2.45, 2.75) is 33.7 Å². The Labute approximate surface area is 112 Å². The lowest BCUT2D eigenvalue weighted by Crippen LogP contribution is -2.00. The number of aromatic nitrogens is 2. The fourth-order valence-corrected chi connectivity index (χ4v) is 2.27. The molecule has 0 saturated heterocycles. The fourth-order valence-electron chi connectivity index (χ4n) is 2.27. The van der Waals surface area contributed by atoms with Gasteiger partial charge in [0.15, 0.2) is 0 Å². The van der Waals surface area contributed by atoms with Gasteiger partial charge in [0.05, 0.1) is 11.3 Å². The van der Waals surface area contributed by atoms with Crippen LogP contribution >= 0.6 is 0 Å². The van der Waals surface area contributed by atoms with Crippen LogP contribution in [0, 0.1) is 13.8 Å². The first-order chi connectivity index (χ1) is 9.02. The van der Waals surface area contributed by atoms with E-state index < -0.39 is 5.97 Å². The highest BCUT2D eigenvalue weighted by atomic mass is 16.4. The van der Waals surface area contributed by atoms with E-state index in [-0.39, 0.29) is 0 Å². The lowest BCUT2D eigenvalue weighted by atomic mass is 10.0. The molecule has 4 heteroatoms. The van der Waals surface area contributed by atoms with Crippen molar-refractivity contribution in [1.29, 1.82) is 0 Å². The molecule has 0 radical (unpaired) electrons. The topological polar surface area (TPSA) is 55.1 Å². The molecule has 0 aliphatic rings. The molecule has 0 aliphatic heterocycles. The highest BCUT2D eigenvalue weighted by Gasteiger charge is 2.11. The molecule has 2 aromatic rings. The minimum atomic E-state index is -0.891. The summed E-state index contributed by atoms with van der Waals surface area (Å²) in [6.07, 6.45) is 0.789. The summed E-state index contributed by atoms with van der Waals surface area (Å²) in [5.41, 5.74) is 4.88. The SMILES string of the molecule is CCn1nc(C)c(Cc2ccc(C(=O)O)cc2)c1C. The zero-order valence-corrected chi connectivity index (χ0v) is 11.5. The maximum atomic E-state index is 10.8. The Bertz CT molecular complexity index is 597. The molecule has 0 spiro atoms. The van der Waals surface area contributed by atoms with Gasteiger partial charge in [-0.2, -0.15) is 5.10 Å². The van der Waals surface area contributed by atoms with Crippen molar-refractivity contribution in [2.24, 2.45) is 0 Å². The average molecular weight is 258 g/mol. The number of carboxylic acid groups (broad SMARTS) is 1. The number of benzene rings is 1. The third kappa shape index (κ3) is 2.67. The van der Waals surface area contributed by atoms with Crippen molar-refractivity contribution in [3.05, 3.63) is 52.3 Å². The molecule has 2 rings (SSSR count). The number of hydrogen-bond acceptors (Lipinski definition) is 2. The van der Waals surface area contributed by atoms with Crippen molar-refractivity contribution < 1.29 is 9.90 Å². The Kier molecular flexibility index (Phi) is 3.69. The maximum absolute atomic E-state index is 10.8. The van der Waals surface area contributed by atoms with Crippen LogP contribution < -0.4 is 0 Å². The molecule has 0 atom stereocenters. The van der Waals surface area contributed by atoms with E-state index in [2.05, 4.69) is 18.9 Å². The molecular formula is C15H18N2O2. The summed E-state index contributed by atoms with van der Waals surface area (Å²) in [7, 11) is 0. The summed E-state index contributed by atoms with van der Waals surface area (Å²) in [4.78, 5) is 10.8. The van der Waals surface area contributed by atoms with Crippen LogP contribution in [0.25, 0.3) is 0 Å². The molecule has 1 heterocycles. The first-order valence-corrected chi connectivity index (χ1v) is 6.38. The monoisotopic (exact) mass is 258 g/mol. The number of hydrogen-bond donors (Lipinski definition) is 1. The Morgan fingerprint density at radius 2 is 1.89 bits per heavy atom. The van der Waals surface area contributed by atoms with Crippen LogP contribution in [-0.4, -0.2) is 20.9 Å². The zero-order chi connectivity index (χ0) is 14.0. The Hall–Kier alpha value is -2.10. The van der Waals surface area contributed by atoms with Gasteiger partial charge in [-0.15, -0.1) is 0 Å². The van der Waals surface area contributed by atoms with Gasteiger partial charge in [0.2, 0.25) is 0 Å². The molecule has 100 valence electrons. The summed E-state index contributed by atoms with van der Waals surface area (Å²) in [5, 5.41) is 13.4. The lowest BCUT2D eigenvalue weighted by Gasteiger charge is -2.04. The lowest BCUT2D eigenvalue weighted by molar-refractivity contribution is 0.0697. The van der Waals surface area contributed by atoms with Gasteiger partial charge in [-0.3, -0.25) is 4.68 Å². The summed E-state index contributed by atoms with van der Waals surface area (Å²) >= 11 is 0. The first kappa shape index (κ1) is 13.3. The van der Waals surface area contributed by atoms with Crippen molar-refractivity contribution in [1.82, 2.24) is 9.78 Å². The molecule has 0 bridgehead atoms. The average Bonchev–Trinajstić information content (AvgIpc) is 2.67. The van der Waals surface area contributed by atoms with Gasteiger partial charge in [-0.25, -0.2) is 4.79 Å². The van der Waals surface area contributed by atoms with Crippen molar-refractivity contribution in [3.63, 3.8) is 0 Å². The van der Waals surface area contributed by atoms with Crippen LogP contribution in [0.15, 0.2) is 24.3 Å². The number of aryl methyl sites for hydroxylation is 2. The quantitative estimate of drug-likeness (QED) is 0.917. The second-order valence-electron chi connectivity index (χ2n) is 4.64. The number of rotatable bonds is 4. The molecule has 0 fully saturated rings. The molecule has 1 N–H and O–H groups in total. The van der Waals surface area contributed by atoms with Crippen LogP contribution in [-0.2, 0) is 13.0 Å². The van der Waals surface area contributed by atoms with Gasteiger partial charge in [0, 0.05) is 24.2 Å². The smallest absolute Gasteiger partial charge is 0.335 e. The fraction of sp³-hybridized carbons (Fsp3) is 0.333. The largest absolute Gasteiger partial charge is 0.478 e. The van der Waals surface area contributed by atoms with Crippen molar-refractivity contribution >= 4 is 5.97 Å². The van der Waals surface area contributed by atoms with E-state index in [1.165, 1.54) is 11.3 Å². The summed E-state index contributed by atoms with van der Waals surface area (Å²) < 4.78 is 2.00. The maximum Gasteiger partial charge on any atom is 0.335 e. The van der Waals surface area contributed by atoms with E-state index in [4.69, 9.17) is 5.11 Å². The normalized spacial score (nSPS) is 10.7. The van der Waals surface area contributed by atoms with Crippen LogP contribution in [0.3, 0.4) is 0 Å². The molecule has 1 aromatic carbocycles. The second-order valence-corrected chi connectivity index (χ2v) is 4.64. The molecule has 4 nitrogen and oxygen atoms in total. The predicted octanol–water partition coefficient (Wildman–Crippen LogP) is 2.81. The van der Waals surface area contributed by atoms with E-state index in [1.54, 1.807) is 12.1 Å². The summed E-state index contributed by atoms with van der Waals surface area (Å²) in [6, 6.07) is 7.02. The summed E-state index contributed by atoms with van der Waals surface area (Å²) in [5.74, 6) is -0.891. The molecule has 0 amide bonds. The Morgan fingerprint density at radius 1 is 1.26 bits per heavy atom. The zero-order valence-electron chi connectivity index (χ0n) is 11.5. The van der Waals surface area contributed by atoms with Crippen LogP contribution in [0.5, 0.6) is 0 Å². The van der Waals surface area contributed by atoms with E-state index >= 15 is 0 Å². The predicted molar refractivity (Wildman–Crippen MR) is 73.6 cm³/mol. The van der Waals surface area contributed by atoms with Crippen molar-refractivity contribution in [3.8, 4) is 0 Å². The first-order valence-electron chi connectivity index (χ1n) is 6.38. The second kappa shape index (κ2) is 5.26. The minimum Gasteiger partial charge on any atom is -0.478 e. The highest BCUT2D eigenvalue weighted by Crippen LogP contribution is 2.18. The van der Waals surface area contributed by atoms with Gasteiger partial charge in [0.25, 0.3) is 0 Å². The standard InChI is InChI=1S/C15H18N2O2/c1-4-17-11(3)14(10(2)16-17)9-12-5-7-13(8-6-12)15(18)19/h5-8H,4,9H2,1-3H3,(H,18,19). The van der Waals surface area contributed by atoms with Gasteiger partial charge in [-0.05, 0) is 38.5 Å². The van der Waals surface area contributed by atoms with E-state index in [9.17, 15) is 4.79 Å². The Balaban J connectivity index is 2.26. The highest BCUT2D eigenvalue weighted by molar-refractivity contribution is 5.87. The van der Waals surface area contributed by atoms with E-state index in [0.29, 0.717) is 5.56 Å². The minimum absolute atomic E-state index is 0.321. The van der Waals surface area contributed by atoms with Gasteiger partial charge < -0.3 is 5.11 Å². The van der Waals surface area contributed by atoms with Gasteiger partial charge in [0.1, 0.15) is 0 Å². The number of carboxylic acids is 1. The third-order valence-electron chi connectivity index (χ3n) is 3.41. The molecular weight excluding hydrogens is 240 g/mol. The van der Waals surface area contributed by atoms with Crippen LogP contribution in [0.1, 0.15) is 39.8 Å². The van der Waals surface area contributed by atoms with Gasteiger partial charge in [-0.1, -0.05) is 12.1 Å². The summed E-state index contributed by atoms with van der Waals surface area (Å²) in [6.45, 7) is 7.03. The van der Waals surface area contributed by atoms with Crippen LogP contribution in [0.4, 0.5) is 0 Å². The van der Waals surface area contributed by atoms with Crippen LogP contribution in [0.2, 0.25) is 0 Å². The third-order valence-corrected chi connectivity index (χ3v) is 3.41.